The minimum absolute atomic E-state index is 0.0390. The van der Waals surface area contributed by atoms with Gasteiger partial charge in [-0.05, 0) is 47.1 Å². The predicted octanol–water partition coefficient (Wildman–Crippen LogP) is 3.35. The Balaban J connectivity index is 2.10. The third-order valence-electron chi connectivity index (χ3n) is 3.65. The van der Waals surface area contributed by atoms with Gasteiger partial charge in [0.1, 0.15) is 15.7 Å². The molecule has 1 aliphatic rings. The third kappa shape index (κ3) is 2.44. The van der Waals surface area contributed by atoms with E-state index < -0.39 is 9.84 Å². The van der Waals surface area contributed by atoms with Gasteiger partial charge in [0.05, 0.1) is 27.0 Å². The van der Waals surface area contributed by atoms with Crippen molar-refractivity contribution in [1.82, 2.24) is 9.55 Å². The van der Waals surface area contributed by atoms with Gasteiger partial charge in [0.2, 0.25) is 0 Å². The first-order chi connectivity index (χ1) is 9.37. The molecular weight excluding hydrogens is 367 g/mol. The van der Waals surface area contributed by atoms with Crippen LogP contribution < -0.4 is 0 Å². The monoisotopic (exact) mass is 378 g/mol. The number of halogens is 2. The summed E-state index contributed by atoms with van der Waals surface area (Å²) in [5.41, 5.74) is 1.43. The highest BCUT2D eigenvalue weighted by Gasteiger charge is 2.26. The molecule has 20 heavy (non-hydrogen) atoms. The topological polar surface area (TPSA) is 54.9 Å². The van der Waals surface area contributed by atoms with Crippen molar-refractivity contribution in [2.75, 3.05) is 11.5 Å². The highest BCUT2D eigenvalue weighted by molar-refractivity contribution is 9.10. The van der Waals surface area contributed by atoms with Gasteiger partial charge in [0, 0.05) is 12.1 Å². The van der Waals surface area contributed by atoms with Crippen molar-refractivity contribution in [3.8, 4) is 0 Å². The van der Waals surface area contributed by atoms with E-state index >= 15 is 0 Å². The molecule has 4 nitrogen and oxygen atoms in total. The molecule has 0 unspecified atom stereocenters. The zero-order chi connectivity index (χ0) is 14.5. The van der Waals surface area contributed by atoms with Crippen molar-refractivity contribution >= 4 is 49.0 Å². The second-order valence-corrected chi connectivity index (χ2v) is 8.51. The summed E-state index contributed by atoms with van der Waals surface area (Å²) < 4.78 is 39.3. The van der Waals surface area contributed by atoms with Gasteiger partial charge in [0.15, 0.2) is 4.77 Å². The Bertz CT molecular complexity index is 827. The number of H-pyrrole nitrogens is 1. The molecule has 108 valence electrons. The average Bonchev–Trinajstić information content (AvgIpc) is 2.66. The van der Waals surface area contributed by atoms with Crippen LogP contribution in [0, 0.1) is 10.6 Å². The number of benzene rings is 1. The summed E-state index contributed by atoms with van der Waals surface area (Å²) in [5, 5.41) is 0. The second kappa shape index (κ2) is 4.92. The van der Waals surface area contributed by atoms with Crippen LogP contribution in [0.4, 0.5) is 4.39 Å². The van der Waals surface area contributed by atoms with E-state index in [0.29, 0.717) is 27.6 Å². The van der Waals surface area contributed by atoms with E-state index in [1.165, 1.54) is 6.07 Å². The lowest BCUT2D eigenvalue weighted by Crippen LogP contribution is -2.25. The van der Waals surface area contributed by atoms with Crippen LogP contribution in [0.3, 0.4) is 0 Å². The highest BCUT2D eigenvalue weighted by atomic mass is 79.9. The fourth-order valence-electron chi connectivity index (χ4n) is 2.62. The number of nitrogens with one attached hydrogen (secondary N) is 1. The van der Waals surface area contributed by atoms with Crippen LogP contribution in [0.2, 0.25) is 0 Å². The van der Waals surface area contributed by atoms with E-state index in [0.717, 1.165) is 5.52 Å². The lowest BCUT2D eigenvalue weighted by atomic mass is 10.1. The van der Waals surface area contributed by atoms with Crippen molar-refractivity contribution in [3.63, 3.8) is 0 Å². The SMILES string of the molecule is O=S1(=O)CCC(n2c(=S)[nH]c3cc(F)c(Br)cc32)CC1. The molecule has 3 rings (SSSR count). The molecule has 0 spiro atoms. The van der Waals surface area contributed by atoms with Crippen molar-refractivity contribution in [1.29, 1.82) is 0 Å². The maximum absolute atomic E-state index is 13.5. The van der Waals surface area contributed by atoms with Gasteiger partial charge in [0.25, 0.3) is 0 Å². The van der Waals surface area contributed by atoms with Crippen molar-refractivity contribution in [3.05, 3.63) is 27.2 Å². The zero-order valence-corrected chi connectivity index (χ0v) is 13.6. The van der Waals surface area contributed by atoms with Crippen LogP contribution in [0.15, 0.2) is 16.6 Å². The molecular formula is C12H12BrFN2O2S2. The largest absolute Gasteiger partial charge is 0.330 e. The van der Waals surface area contributed by atoms with Gasteiger partial charge in [-0.15, -0.1) is 0 Å². The molecule has 2 aromatic rings. The molecule has 0 saturated carbocycles. The number of aromatic nitrogens is 2. The maximum Gasteiger partial charge on any atom is 0.178 e. The Hall–Kier alpha value is -0.730. The second-order valence-electron chi connectivity index (χ2n) is 4.97. The van der Waals surface area contributed by atoms with Crippen molar-refractivity contribution in [2.45, 2.75) is 18.9 Å². The lowest BCUT2D eigenvalue weighted by molar-refractivity contribution is 0.455. The first-order valence-electron chi connectivity index (χ1n) is 6.17. The number of nitrogens with zero attached hydrogens (tertiary/aromatic N) is 1. The number of hydrogen-bond acceptors (Lipinski definition) is 3. The molecule has 1 aliphatic heterocycles. The summed E-state index contributed by atoms with van der Waals surface area (Å²) in [5.74, 6) is -0.00436. The number of fused-ring (bicyclic) bond motifs is 1. The number of aromatic amines is 1. The maximum atomic E-state index is 13.5. The molecule has 0 amide bonds. The van der Waals surface area contributed by atoms with E-state index in [2.05, 4.69) is 20.9 Å². The number of rotatable bonds is 1. The number of sulfone groups is 1. The minimum atomic E-state index is -2.91. The minimum Gasteiger partial charge on any atom is -0.330 e. The molecule has 0 aliphatic carbocycles. The van der Waals surface area contributed by atoms with E-state index in [4.69, 9.17) is 12.2 Å². The van der Waals surface area contributed by atoms with Gasteiger partial charge in [-0.3, -0.25) is 0 Å². The van der Waals surface area contributed by atoms with E-state index in [9.17, 15) is 12.8 Å². The lowest BCUT2D eigenvalue weighted by Gasteiger charge is -2.24. The van der Waals surface area contributed by atoms with E-state index in [1.54, 1.807) is 6.07 Å². The molecule has 1 aromatic heterocycles. The molecule has 8 heteroatoms. The van der Waals surface area contributed by atoms with Crippen LogP contribution in [0.25, 0.3) is 11.0 Å². The summed E-state index contributed by atoms with van der Waals surface area (Å²) in [7, 11) is -2.91. The van der Waals surface area contributed by atoms with Gasteiger partial charge in [-0.25, -0.2) is 12.8 Å². The smallest absolute Gasteiger partial charge is 0.178 e. The van der Waals surface area contributed by atoms with Crippen LogP contribution in [0.5, 0.6) is 0 Å². The Morgan fingerprint density at radius 2 is 2.00 bits per heavy atom. The van der Waals surface area contributed by atoms with Gasteiger partial charge < -0.3 is 9.55 Å². The highest BCUT2D eigenvalue weighted by Crippen LogP contribution is 2.30. The summed E-state index contributed by atoms with van der Waals surface area (Å²) in [6.45, 7) is 0. The van der Waals surface area contributed by atoms with Crippen molar-refractivity contribution in [2.24, 2.45) is 0 Å². The third-order valence-corrected chi connectivity index (χ3v) is 6.27. The van der Waals surface area contributed by atoms with Crippen LogP contribution in [-0.2, 0) is 9.84 Å². The first-order valence-corrected chi connectivity index (χ1v) is 9.19. The number of hydrogen-bond donors (Lipinski definition) is 1. The van der Waals surface area contributed by atoms with Crippen molar-refractivity contribution < 1.29 is 12.8 Å². The molecule has 1 fully saturated rings. The Morgan fingerprint density at radius 1 is 1.35 bits per heavy atom. The first kappa shape index (κ1) is 14.2. The molecule has 1 aromatic carbocycles. The van der Waals surface area contributed by atoms with Crippen LogP contribution in [0.1, 0.15) is 18.9 Å². The molecule has 0 atom stereocenters. The standard InChI is InChI=1S/C12H12BrFN2O2S2/c13-8-5-11-10(6-9(8)14)15-12(19)16(11)7-1-3-20(17,18)4-2-7/h5-7H,1-4H2,(H,15,19). The quantitative estimate of drug-likeness (QED) is 0.774. The Labute approximate surface area is 129 Å². The van der Waals surface area contributed by atoms with Gasteiger partial charge in [-0.2, -0.15) is 0 Å². The summed E-state index contributed by atoms with van der Waals surface area (Å²) >= 11 is 8.47. The van der Waals surface area contributed by atoms with Gasteiger partial charge in [-0.1, -0.05) is 0 Å². The fourth-order valence-corrected chi connectivity index (χ4v) is 4.77. The van der Waals surface area contributed by atoms with Crippen LogP contribution in [-0.4, -0.2) is 29.5 Å². The van der Waals surface area contributed by atoms with E-state index in [1.807, 2.05) is 4.57 Å². The molecule has 1 N–H and O–H groups in total. The average molecular weight is 379 g/mol. The fraction of sp³-hybridized carbons (Fsp3) is 0.417. The summed E-state index contributed by atoms with van der Waals surface area (Å²) in [6, 6.07) is 3.11. The van der Waals surface area contributed by atoms with Gasteiger partial charge >= 0.3 is 0 Å². The Morgan fingerprint density at radius 3 is 2.65 bits per heavy atom. The van der Waals surface area contributed by atoms with Crippen LogP contribution >= 0.6 is 28.1 Å². The number of imidazole rings is 1. The van der Waals surface area contributed by atoms with E-state index in [-0.39, 0.29) is 23.4 Å². The molecule has 0 bridgehead atoms. The summed E-state index contributed by atoms with van der Waals surface area (Å²) in [4.78, 5) is 2.98. The predicted molar refractivity (Wildman–Crippen MR) is 81.7 cm³/mol. The molecule has 1 saturated heterocycles. The molecule has 0 radical (unpaired) electrons. The normalized spacial score (nSPS) is 19.5. The summed E-state index contributed by atoms with van der Waals surface area (Å²) in [6.07, 6.45) is 1.08. The zero-order valence-electron chi connectivity index (χ0n) is 10.4. The molecule has 2 heterocycles. The Kier molecular flexibility index (Phi) is 3.50.